The number of piperidine rings is 2. The Hall–Kier alpha value is -2.64. The van der Waals surface area contributed by atoms with Gasteiger partial charge in [0.2, 0.25) is 0 Å². The summed E-state index contributed by atoms with van der Waals surface area (Å²) in [5.41, 5.74) is 2.77. The minimum absolute atomic E-state index is 0.0429. The number of benzene rings is 3. The lowest BCUT2D eigenvalue weighted by atomic mass is 10.0. The summed E-state index contributed by atoms with van der Waals surface area (Å²) in [6.45, 7) is 5.29. The average molecular weight is 571 g/mol. The molecule has 39 heavy (non-hydrogen) atoms. The van der Waals surface area contributed by atoms with Crippen LogP contribution in [-0.2, 0) is 13.1 Å². The van der Waals surface area contributed by atoms with Crippen LogP contribution in [0.2, 0.25) is 10.0 Å². The third-order valence-electron chi connectivity index (χ3n) is 7.58. The van der Waals surface area contributed by atoms with Gasteiger partial charge in [-0.15, -0.1) is 0 Å². The van der Waals surface area contributed by atoms with Gasteiger partial charge in [-0.2, -0.15) is 0 Å². The van der Waals surface area contributed by atoms with Crippen molar-refractivity contribution in [2.45, 2.75) is 50.9 Å². The van der Waals surface area contributed by atoms with Crippen LogP contribution in [0.15, 0.2) is 66.7 Å². The summed E-state index contributed by atoms with van der Waals surface area (Å²) in [6.07, 6.45) is 3.33. The Labute approximate surface area is 239 Å². The number of amides is 1. The monoisotopic (exact) mass is 569 g/mol. The quantitative estimate of drug-likeness (QED) is 0.333. The molecule has 0 unspecified atom stereocenters. The van der Waals surface area contributed by atoms with E-state index in [-0.39, 0.29) is 23.8 Å². The Balaban J connectivity index is 1.05. The first-order valence-corrected chi connectivity index (χ1v) is 14.4. The normalized spacial score (nSPS) is 17.7. The van der Waals surface area contributed by atoms with Crippen molar-refractivity contribution in [3.8, 4) is 5.75 Å². The first kappa shape index (κ1) is 27.9. The first-order valence-electron chi connectivity index (χ1n) is 13.6. The van der Waals surface area contributed by atoms with Gasteiger partial charge in [0.25, 0.3) is 5.91 Å². The molecule has 1 N–H and O–H groups in total. The van der Waals surface area contributed by atoms with Crippen LogP contribution >= 0.6 is 23.2 Å². The van der Waals surface area contributed by atoms with Gasteiger partial charge < -0.3 is 10.1 Å². The zero-order valence-electron chi connectivity index (χ0n) is 21.9. The molecule has 0 radical (unpaired) electrons. The largest absolute Gasteiger partial charge is 0.487 e. The molecule has 0 saturated carbocycles. The zero-order valence-corrected chi connectivity index (χ0v) is 23.4. The van der Waals surface area contributed by atoms with E-state index in [9.17, 15) is 9.18 Å². The van der Waals surface area contributed by atoms with Gasteiger partial charge in [-0.1, -0.05) is 47.5 Å². The fourth-order valence-corrected chi connectivity index (χ4v) is 5.55. The summed E-state index contributed by atoms with van der Waals surface area (Å²) < 4.78 is 20.9. The first-order chi connectivity index (χ1) is 18.9. The molecule has 2 aliphatic heterocycles. The van der Waals surface area contributed by atoms with E-state index in [4.69, 9.17) is 27.9 Å². The van der Waals surface area contributed by atoms with Crippen LogP contribution in [-0.4, -0.2) is 54.0 Å². The van der Waals surface area contributed by atoms with Crippen molar-refractivity contribution in [2.24, 2.45) is 0 Å². The van der Waals surface area contributed by atoms with Gasteiger partial charge in [0, 0.05) is 60.9 Å². The van der Waals surface area contributed by atoms with Crippen LogP contribution < -0.4 is 10.1 Å². The van der Waals surface area contributed by atoms with Crippen molar-refractivity contribution in [3.63, 3.8) is 0 Å². The summed E-state index contributed by atoms with van der Waals surface area (Å²) in [6, 6.07) is 20.4. The molecule has 2 fully saturated rings. The van der Waals surface area contributed by atoms with Gasteiger partial charge in [-0.25, -0.2) is 4.39 Å². The topological polar surface area (TPSA) is 44.8 Å². The second-order valence-electron chi connectivity index (χ2n) is 10.5. The number of nitrogens with one attached hydrogen (secondary N) is 1. The van der Waals surface area contributed by atoms with E-state index in [1.807, 2.05) is 48.5 Å². The third kappa shape index (κ3) is 7.95. The molecule has 3 aromatic carbocycles. The van der Waals surface area contributed by atoms with Crippen molar-refractivity contribution < 1.29 is 13.9 Å². The van der Waals surface area contributed by atoms with Crippen LogP contribution in [0.25, 0.3) is 0 Å². The van der Waals surface area contributed by atoms with Gasteiger partial charge in [0.15, 0.2) is 11.6 Å². The Kier molecular flexibility index (Phi) is 9.40. The summed E-state index contributed by atoms with van der Waals surface area (Å²) in [5, 5.41) is 4.56. The average Bonchev–Trinajstić information content (AvgIpc) is 2.94. The zero-order chi connectivity index (χ0) is 27.2. The number of carbonyl (C=O) groups excluding carboxylic acids is 1. The molecule has 206 valence electrons. The molecular weight excluding hydrogens is 536 g/mol. The molecule has 3 aromatic rings. The highest BCUT2D eigenvalue weighted by Crippen LogP contribution is 2.25. The van der Waals surface area contributed by atoms with Gasteiger partial charge >= 0.3 is 0 Å². The third-order valence-corrected chi connectivity index (χ3v) is 8.09. The minimum atomic E-state index is -0.496. The highest BCUT2D eigenvalue weighted by atomic mass is 35.5. The van der Waals surface area contributed by atoms with Crippen molar-refractivity contribution >= 4 is 29.1 Å². The maximum absolute atomic E-state index is 14.9. The lowest BCUT2D eigenvalue weighted by Crippen LogP contribution is -2.44. The van der Waals surface area contributed by atoms with Crippen LogP contribution in [0.4, 0.5) is 4.39 Å². The van der Waals surface area contributed by atoms with E-state index < -0.39 is 5.82 Å². The van der Waals surface area contributed by atoms with Crippen LogP contribution in [0.5, 0.6) is 5.75 Å². The minimum Gasteiger partial charge on any atom is -0.487 e. The molecule has 2 aliphatic rings. The van der Waals surface area contributed by atoms with Crippen LogP contribution in [0, 0.1) is 5.82 Å². The number of carbonyl (C=O) groups is 1. The Morgan fingerprint density at radius 3 is 1.82 bits per heavy atom. The fourth-order valence-electron chi connectivity index (χ4n) is 5.30. The lowest BCUT2D eigenvalue weighted by molar-refractivity contribution is 0.0904. The molecule has 5 rings (SSSR count). The maximum atomic E-state index is 14.9. The fraction of sp³-hybridized carbons (Fsp3) is 0.387. The van der Waals surface area contributed by atoms with Crippen molar-refractivity contribution in [3.05, 3.63) is 99.3 Å². The lowest BCUT2D eigenvalue weighted by Gasteiger charge is -2.32. The Morgan fingerprint density at radius 2 is 1.31 bits per heavy atom. The van der Waals surface area contributed by atoms with Gasteiger partial charge in [0.1, 0.15) is 6.10 Å². The van der Waals surface area contributed by atoms with Gasteiger partial charge in [-0.05, 0) is 79.3 Å². The second-order valence-corrected chi connectivity index (χ2v) is 11.4. The summed E-state index contributed by atoms with van der Waals surface area (Å²) in [5.74, 6) is -0.533. The van der Waals surface area contributed by atoms with Gasteiger partial charge in [-0.3, -0.25) is 14.6 Å². The summed E-state index contributed by atoms with van der Waals surface area (Å²) in [7, 11) is 0. The molecule has 8 heteroatoms. The number of rotatable bonds is 8. The standard InChI is InChI=1S/C31H34Cl2FN3O2/c32-25-6-1-22(2-7-25)20-36-15-11-27(12-16-36)35-31(38)24-5-10-30(29(34)19-24)39-28-13-17-37(18-14-28)21-23-3-8-26(33)9-4-23/h1-10,19,27-28H,11-18,20-21H2,(H,35,38). The van der Waals surface area contributed by atoms with E-state index in [2.05, 4.69) is 15.1 Å². The van der Waals surface area contributed by atoms with E-state index in [0.29, 0.717) is 5.56 Å². The maximum Gasteiger partial charge on any atom is 0.251 e. The van der Waals surface area contributed by atoms with E-state index in [1.54, 1.807) is 12.1 Å². The number of halogens is 3. The molecule has 0 aromatic heterocycles. The van der Waals surface area contributed by atoms with Crippen LogP contribution in [0.3, 0.4) is 0 Å². The molecular formula is C31H34Cl2FN3O2. The number of likely N-dealkylation sites (tertiary alicyclic amines) is 2. The smallest absolute Gasteiger partial charge is 0.251 e. The summed E-state index contributed by atoms with van der Waals surface area (Å²) in [4.78, 5) is 17.6. The Morgan fingerprint density at radius 1 is 0.795 bits per heavy atom. The summed E-state index contributed by atoms with van der Waals surface area (Å²) >= 11 is 12.0. The number of ether oxygens (including phenoxy) is 1. The molecule has 5 nitrogen and oxygen atoms in total. The molecule has 0 atom stereocenters. The molecule has 1 amide bonds. The van der Waals surface area contributed by atoms with Crippen LogP contribution in [0.1, 0.15) is 47.2 Å². The molecule has 0 bridgehead atoms. The number of nitrogens with zero attached hydrogens (tertiary/aromatic N) is 2. The highest BCUT2D eigenvalue weighted by Gasteiger charge is 2.24. The highest BCUT2D eigenvalue weighted by molar-refractivity contribution is 6.30. The SMILES string of the molecule is O=C(NC1CCN(Cc2ccc(Cl)cc2)CC1)c1ccc(OC2CCN(Cc3ccc(Cl)cc3)CC2)c(F)c1. The predicted octanol–water partition coefficient (Wildman–Crippen LogP) is 6.57. The molecule has 2 saturated heterocycles. The molecule has 2 heterocycles. The molecule has 0 aliphatic carbocycles. The number of hydrogen-bond acceptors (Lipinski definition) is 4. The van der Waals surface area contributed by atoms with Gasteiger partial charge in [0.05, 0.1) is 0 Å². The van der Waals surface area contributed by atoms with Crippen molar-refractivity contribution in [1.82, 2.24) is 15.1 Å². The molecule has 0 spiro atoms. The van der Waals surface area contributed by atoms with Crippen molar-refractivity contribution in [1.29, 1.82) is 0 Å². The van der Waals surface area contributed by atoms with E-state index in [0.717, 1.165) is 75.0 Å². The van der Waals surface area contributed by atoms with E-state index in [1.165, 1.54) is 17.2 Å². The Bertz CT molecular complexity index is 1240. The second kappa shape index (κ2) is 13.1. The van der Waals surface area contributed by atoms with E-state index >= 15 is 0 Å². The predicted molar refractivity (Wildman–Crippen MR) is 154 cm³/mol. The number of hydrogen-bond donors (Lipinski definition) is 1. The van der Waals surface area contributed by atoms with Crippen molar-refractivity contribution in [2.75, 3.05) is 26.2 Å².